The monoisotopic (exact) mass is 361 g/mol. The summed E-state index contributed by atoms with van der Waals surface area (Å²) in [5.41, 5.74) is 2.67. The number of aromatic nitrogens is 2. The van der Waals surface area contributed by atoms with Gasteiger partial charge < -0.3 is 10.1 Å². The number of aryl methyl sites for hydroxylation is 1. The van der Waals surface area contributed by atoms with Gasteiger partial charge in [-0.1, -0.05) is 49.2 Å². The summed E-state index contributed by atoms with van der Waals surface area (Å²) in [5, 5.41) is 2.91. The molecule has 3 aromatic rings. The van der Waals surface area contributed by atoms with E-state index < -0.39 is 0 Å². The van der Waals surface area contributed by atoms with Crippen molar-refractivity contribution in [3.63, 3.8) is 0 Å². The van der Waals surface area contributed by atoms with Crippen LogP contribution in [0.4, 0.5) is 0 Å². The Kier molecular flexibility index (Phi) is 6.15. The lowest BCUT2D eigenvalue weighted by Gasteiger charge is -2.09. The molecule has 0 atom stereocenters. The summed E-state index contributed by atoms with van der Waals surface area (Å²) < 4.78 is 5.85. The van der Waals surface area contributed by atoms with Gasteiger partial charge >= 0.3 is 0 Å². The first-order valence-corrected chi connectivity index (χ1v) is 9.12. The molecule has 0 bridgehead atoms. The van der Waals surface area contributed by atoms with Crippen LogP contribution in [0.15, 0.2) is 60.8 Å². The molecule has 5 heteroatoms. The molecule has 0 saturated heterocycles. The van der Waals surface area contributed by atoms with E-state index in [4.69, 9.17) is 4.74 Å². The highest BCUT2D eigenvalue weighted by molar-refractivity contribution is 5.94. The van der Waals surface area contributed by atoms with Gasteiger partial charge in [-0.15, -0.1) is 0 Å². The molecule has 1 heterocycles. The lowest BCUT2D eigenvalue weighted by Crippen LogP contribution is -2.24. The van der Waals surface area contributed by atoms with Crippen molar-refractivity contribution < 1.29 is 9.53 Å². The van der Waals surface area contributed by atoms with Crippen LogP contribution < -0.4 is 10.1 Å². The number of hydrogen-bond acceptors (Lipinski definition) is 4. The second-order valence-electron chi connectivity index (χ2n) is 6.32. The Morgan fingerprint density at radius 1 is 1.11 bits per heavy atom. The van der Waals surface area contributed by atoms with Gasteiger partial charge in [-0.3, -0.25) is 4.79 Å². The Labute approximate surface area is 159 Å². The number of hydrogen-bond donors (Lipinski definition) is 1. The van der Waals surface area contributed by atoms with Crippen molar-refractivity contribution in [3.8, 4) is 23.0 Å². The van der Waals surface area contributed by atoms with Crippen molar-refractivity contribution in [2.45, 2.75) is 26.7 Å². The number of carbonyl (C=O) groups excluding carboxylic acids is 1. The number of rotatable bonds is 7. The van der Waals surface area contributed by atoms with Gasteiger partial charge in [0.25, 0.3) is 5.91 Å². The molecule has 138 valence electrons. The molecule has 1 N–H and O–H groups in total. The molecule has 0 aliphatic carbocycles. The van der Waals surface area contributed by atoms with Crippen LogP contribution in [0.3, 0.4) is 0 Å². The van der Waals surface area contributed by atoms with E-state index in [1.165, 1.54) is 5.56 Å². The highest BCUT2D eigenvalue weighted by atomic mass is 16.5. The fourth-order valence-electron chi connectivity index (χ4n) is 2.54. The zero-order valence-electron chi connectivity index (χ0n) is 15.6. The molecule has 0 radical (unpaired) electrons. The third-order valence-electron chi connectivity index (χ3n) is 4.07. The van der Waals surface area contributed by atoms with Crippen LogP contribution in [0.1, 0.15) is 35.7 Å². The van der Waals surface area contributed by atoms with Gasteiger partial charge in [0.2, 0.25) is 5.88 Å². The summed E-state index contributed by atoms with van der Waals surface area (Å²) in [5.74, 6) is 1.49. The van der Waals surface area contributed by atoms with Crippen LogP contribution in [-0.4, -0.2) is 22.4 Å². The van der Waals surface area contributed by atoms with E-state index in [0.29, 0.717) is 29.6 Å². The standard InChI is InChI=1S/C22H23N3O2/c1-3-4-13-24-22(26)18-6-5-7-19(15-18)27-20-12-14-23-21(25-20)17-10-8-16(2)9-11-17/h5-12,14-15H,3-4,13H2,1-2H3,(H,24,26). The van der Waals surface area contributed by atoms with Gasteiger partial charge in [0, 0.05) is 29.9 Å². The van der Waals surface area contributed by atoms with Gasteiger partial charge in [0.15, 0.2) is 5.82 Å². The molecule has 0 fully saturated rings. The summed E-state index contributed by atoms with van der Waals surface area (Å²) in [6.45, 7) is 4.80. The third kappa shape index (κ3) is 5.14. The quantitative estimate of drug-likeness (QED) is 0.616. The van der Waals surface area contributed by atoms with Crippen LogP contribution in [0.25, 0.3) is 11.4 Å². The molecule has 1 amide bonds. The smallest absolute Gasteiger partial charge is 0.251 e. The number of amides is 1. The maximum Gasteiger partial charge on any atom is 0.251 e. The van der Waals surface area contributed by atoms with Crippen LogP contribution in [0.5, 0.6) is 11.6 Å². The van der Waals surface area contributed by atoms with E-state index in [-0.39, 0.29) is 5.91 Å². The molecular weight excluding hydrogens is 338 g/mol. The Bertz CT molecular complexity index is 907. The average molecular weight is 361 g/mol. The lowest BCUT2D eigenvalue weighted by atomic mass is 10.1. The molecule has 0 saturated carbocycles. The Morgan fingerprint density at radius 2 is 1.93 bits per heavy atom. The van der Waals surface area contributed by atoms with Crippen molar-refractivity contribution in [3.05, 3.63) is 71.9 Å². The molecule has 2 aromatic carbocycles. The maximum absolute atomic E-state index is 12.2. The molecule has 27 heavy (non-hydrogen) atoms. The minimum Gasteiger partial charge on any atom is -0.439 e. The molecule has 0 unspecified atom stereocenters. The van der Waals surface area contributed by atoms with Crippen molar-refractivity contribution in [2.24, 2.45) is 0 Å². The largest absolute Gasteiger partial charge is 0.439 e. The second-order valence-corrected chi connectivity index (χ2v) is 6.32. The summed E-state index contributed by atoms with van der Waals surface area (Å²) in [7, 11) is 0. The lowest BCUT2D eigenvalue weighted by molar-refractivity contribution is 0.0953. The first kappa shape index (κ1) is 18.6. The second kappa shape index (κ2) is 8.94. The van der Waals surface area contributed by atoms with E-state index in [1.54, 1.807) is 36.5 Å². The third-order valence-corrected chi connectivity index (χ3v) is 4.07. The van der Waals surface area contributed by atoms with Crippen LogP contribution in [-0.2, 0) is 0 Å². The number of carbonyl (C=O) groups is 1. The fourth-order valence-corrected chi connectivity index (χ4v) is 2.54. The summed E-state index contributed by atoms with van der Waals surface area (Å²) in [4.78, 5) is 21.0. The number of benzene rings is 2. The van der Waals surface area contributed by atoms with Crippen LogP contribution in [0.2, 0.25) is 0 Å². The first-order valence-electron chi connectivity index (χ1n) is 9.12. The van der Waals surface area contributed by atoms with Gasteiger partial charge in [0.1, 0.15) is 5.75 Å². The van der Waals surface area contributed by atoms with Gasteiger partial charge in [0.05, 0.1) is 0 Å². The van der Waals surface area contributed by atoms with E-state index in [9.17, 15) is 4.79 Å². The van der Waals surface area contributed by atoms with Gasteiger partial charge in [-0.05, 0) is 31.5 Å². The van der Waals surface area contributed by atoms with Crippen molar-refractivity contribution in [1.29, 1.82) is 0 Å². The Hall–Kier alpha value is -3.21. The Morgan fingerprint density at radius 3 is 2.70 bits per heavy atom. The molecular formula is C22H23N3O2. The average Bonchev–Trinajstić information content (AvgIpc) is 2.69. The van der Waals surface area contributed by atoms with E-state index >= 15 is 0 Å². The molecule has 0 aliphatic heterocycles. The molecule has 1 aromatic heterocycles. The molecule has 0 spiro atoms. The highest BCUT2D eigenvalue weighted by Gasteiger charge is 2.08. The first-order chi connectivity index (χ1) is 13.2. The van der Waals surface area contributed by atoms with Crippen molar-refractivity contribution in [1.82, 2.24) is 15.3 Å². The van der Waals surface area contributed by atoms with E-state index in [0.717, 1.165) is 18.4 Å². The number of nitrogens with zero attached hydrogens (tertiary/aromatic N) is 2. The fraction of sp³-hybridized carbons (Fsp3) is 0.227. The molecule has 0 aliphatic rings. The van der Waals surface area contributed by atoms with Crippen LogP contribution >= 0.6 is 0 Å². The predicted octanol–water partition coefficient (Wildman–Crippen LogP) is 4.77. The number of unbranched alkanes of at least 4 members (excludes halogenated alkanes) is 1. The highest BCUT2D eigenvalue weighted by Crippen LogP contribution is 2.23. The SMILES string of the molecule is CCCCNC(=O)c1cccc(Oc2ccnc(-c3ccc(C)cc3)n2)c1. The topological polar surface area (TPSA) is 64.1 Å². The zero-order chi connectivity index (χ0) is 19.1. The predicted molar refractivity (Wildman–Crippen MR) is 106 cm³/mol. The van der Waals surface area contributed by atoms with Gasteiger partial charge in [-0.2, -0.15) is 4.98 Å². The minimum absolute atomic E-state index is 0.100. The zero-order valence-corrected chi connectivity index (χ0v) is 15.6. The van der Waals surface area contributed by atoms with E-state index in [2.05, 4.69) is 22.2 Å². The van der Waals surface area contributed by atoms with Crippen molar-refractivity contribution >= 4 is 5.91 Å². The van der Waals surface area contributed by atoms with E-state index in [1.807, 2.05) is 31.2 Å². The van der Waals surface area contributed by atoms with Crippen molar-refractivity contribution in [2.75, 3.05) is 6.54 Å². The minimum atomic E-state index is -0.100. The summed E-state index contributed by atoms with van der Waals surface area (Å²) in [6, 6.07) is 16.8. The number of nitrogens with one attached hydrogen (secondary N) is 1. The normalized spacial score (nSPS) is 10.4. The maximum atomic E-state index is 12.2. The molecule has 3 rings (SSSR count). The number of ether oxygens (including phenoxy) is 1. The Balaban J connectivity index is 1.74. The van der Waals surface area contributed by atoms with Crippen LogP contribution in [0, 0.1) is 6.92 Å². The van der Waals surface area contributed by atoms with Gasteiger partial charge in [-0.25, -0.2) is 4.98 Å². The molecule has 5 nitrogen and oxygen atoms in total. The summed E-state index contributed by atoms with van der Waals surface area (Å²) >= 11 is 0. The summed E-state index contributed by atoms with van der Waals surface area (Å²) in [6.07, 6.45) is 3.67.